The number of rotatable bonds is 4. The smallest absolute Gasteiger partial charge is 0.238 e. The normalized spacial score (nSPS) is 11.8. The van der Waals surface area contributed by atoms with Crippen LogP contribution in [-0.4, -0.2) is 24.5 Å². The maximum absolute atomic E-state index is 5.25. The molecule has 0 unspecified atom stereocenters. The summed E-state index contributed by atoms with van der Waals surface area (Å²) in [5, 5.41) is 5.68. The summed E-state index contributed by atoms with van der Waals surface area (Å²) in [6.45, 7) is 0. The van der Waals surface area contributed by atoms with Crippen LogP contribution in [0.3, 0.4) is 0 Å². The van der Waals surface area contributed by atoms with E-state index < -0.39 is 0 Å². The fraction of sp³-hybridized carbons (Fsp3) is 0. The molecule has 4 aromatic heterocycles. The van der Waals surface area contributed by atoms with Crippen molar-refractivity contribution in [3.05, 3.63) is 140 Å². The average molecular weight is 638 g/mol. The summed E-state index contributed by atoms with van der Waals surface area (Å²) in [6.07, 6.45) is 0. The molecule has 0 atom stereocenters. The van der Waals surface area contributed by atoms with Gasteiger partial charge in [-0.25, -0.2) is 9.97 Å². The highest BCUT2D eigenvalue weighted by atomic mass is 32.1. The van der Waals surface area contributed by atoms with Crippen molar-refractivity contribution in [2.75, 3.05) is 0 Å². The number of hydrogen-bond donors (Lipinski definition) is 0. The van der Waals surface area contributed by atoms with Gasteiger partial charge in [-0.1, -0.05) is 97.1 Å². The summed E-state index contributed by atoms with van der Waals surface area (Å²) < 4.78 is 5.77. The zero-order chi connectivity index (χ0) is 30.9. The van der Waals surface area contributed by atoms with Crippen LogP contribution in [0, 0.1) is 0 Å². The minimum atomic E-state index is 0.595. The fourth-order valence-electron chi connectivity index (χ4n) is 6.58. The van der Waals surface area contributed by atoms with Crippen LogP contribution < -0.4 is 0 Å². The molecule has 0 saturated carbocycles. The molecule has 5 nitrogen and oxygen atoms in total. The van der Waals surface area contributed by atoms with Gasteiger partial charge in [0, 0.05) is 47.6 Å². The highest BCUT2D eigenvalue weighted by Crippen LogP contribution is 2.42. The first kappa shape index (κ1) is 26.5. The summed E-state index contributed by atoms with van der Waals surface area (Å²) in [5.41, 5.74) is 6.18. The van der Waals surface area contributed by atoms with E-state index in [1.807, 2.05) is 24.3 Å². The third kappa shape index (κ3) is 4.21. The molecule has 0 aliphatic heterocycles. The lowest BCUT2D eigenvalue weighted by molar-refractivity contribution is 0.954. The number of thiazole rings is 1. The molecule has 10 rings (SSSR count). The quantitative estimate of drug-likeness (QED) is 0.193. The van der Waals surface area contributed by atoms with Crippen molar-refractivity contribution in [2.45, 2.75) is 0 Å². The van der Waals surface area contributed by atoms with Gasteiger partial charge in [-0.05, 0) is 42.5 Å². The van der Waals surface area contributed by atoms with Crippen molar-refractivity contribution < 1.29 is 0 Å². The van der Waals surface area contributed by atoms with Crippen molar-refractivity contribution in [1.82, 2.24) is 24.5 Å². The Morgan fingerprint density at radius 2 is 1.15 bits per heavy atom. The van der Waals surface area contributed by atoms with Gasteiger partial charge in [0.1, 0.15) is 5.01 Å². The second-order valence-electron chi connectivity index (χ2n) is 11.5. The Morgan fingerprint density at radius 3 is 1.96 bits per heavy atom. The number of nitrogens with zero attached hydrogens (tertiary/aromatic N) is 5. The number of aromatic nitrogens is 5. The molecule has 7 heteroatoms. The minimum absolute atomic E-state index is 0.595. The van der Waals surface area contributed by atoms with Crippen molar-refractivity contribution in [2.24, 2.45) is 0 Å². The first-order valence-corrected chi connectivity index (χ1v) is 17.0. The summed E-state index contributed by atoms with van der Waals surface area (Å²) in [7, 11) is 0. The molecule has 0 amide bonds. The van der Waals surface area contributed by atoms with Gasteiger partial charge < -0.3 is 0 Å². The van der Waals surface area contributed by atoms with Crippen molar-refractivity contribution in [3.8, 4) is 39.3 Å². The first-order chi connectivity index (χ1) is 23.3. The standard InChI is InChI=1S/C40H23N5S2/c1-2-11-24(12-3-1)37-42-38(44-40(43-37)45-31-17-7-4-13-26(31)27-14-5-8-18-32(27)45)28-15-10-20-35-36(28)29-23-25(21-22-33(29)46-35)39-41-30-16-6-9-19-34(30)47-39/h1-23H. The van der Waals surface area contributed by atoms with Crippen LogP contribution in [-0.2, 0) is 0 Å². The first-order valence-electron chi connectivity index (χ1n) is 15.4. The fourth-order valence-corrected chi connectivity index (χ4v) is 8.66. The van der Waals surface area contributed by atoms with Crippen LogP contribution in [0.1, 0.15) is 0 Å². The molecule has 0 fully saturated rings. The number of thiophene rings is 1. The Labute approximate surface area is 277 Å². The summed E-state index contributed by atoms with van der Waals surface area (Å²) in [6, 6.07) is 48.5. The van der Waals surface area contributed by atoms with Crippen LogP contribution in [0.25, 0.3) is 91.5 Å². The van der Waals surface area contributed by atoms with Crippen LogP contribution in [0.2, 0.25) is 0 Å². The lowest BCUT2D eigenvalue weighted by atomic mass is 10.0. The number of hydrogen-bond acceptors (Lipinski definition) is 6. The highest BCUT2D eigenvalue weighted by Gasteiger charge is 2.20. The molecule has 47 heavy (non-hydrogen) atoms. The zero-order valence-electron chi connectivity index (χ0n) is 24.8. The van der Waals surface area contributed by atoms with E-state index in [4.69, 9.17) is 19.9 Å². The molecular formula is C40H23N5S2. The Hall–Kier alpha value is -5.76. The zero-order valence-corrected chi connectivity index (χ0v) is 26.5. The topological polar surface area (TPSA) is 56.5 Å². The molecule has 0 bridgehead atoms. The molecule has 220 valence electrons. The molecule has 4 heterocycles. The molecule has 0 N–H and O–H groups in total. The van der Waals surface area contributed by atoms with Crippen LogP contribution >= 0.6 is 22.7 Å². The van der Waals surface area contributed by atoms with Gasteiger partial charge in [-0.15, -0.1) is 22.7 Å². The van der Waals surface area contributed by atoms with Gasteiger partial charge in [0.25, 0.3) is 0 Å². The molecule has 0 spiro atoms. The SMILES string of the molecule is c1ccc(-c2nc(-c3cccc4sc5ccc(-c6nc7ccccc7s6)cc5c34)nc(-n3c4ccccc4c4ccccc43)n2)cc1. The molecule has 6 aromatic carbocycles. The maximum Gasteiger partial charge on any atom is 0.238 e. The van der Waals surface area contributed by atoms with E-state index in [9.17, 15) is 0 Å². The molecule has 0 aliphatic rings. The van der Waals surface area contributed by atoms with Crippen molar-refractivity contribution in [1.29, 1.82) is 0 Å². The van der Waals surface area contributed by atoms with E-state index in [0.717, 1.165) is 43.6 Å². The van der Waals surface area contributed by atoms with Gasteiger partial charge in [-0.2, -0.15) is 9.97 Å². The predicted molar refractivity (Wildman–Crippen MR) is 197 cm³/mol. The highest BCUT2D eigenvalue weighted by molar-refractivity contribution is 7.26. The maximum atomic E-state index is 5.25. The van der Waals surface area contributed by atoms with Crippen LogP contribution in [0.5, 0.6) is 0 Å². The van der Waals surface area contributed by atoms with E-state index in [1.54, 1.807) is 22.7 Å². The lowest BCUT2D eigenvalue weighted by Crippen LogP contribution is -2.06. The van der Waals surface area contributed by atoms with Crippen molar-refractivity contribution >= 4 is 74.9 Å². The van der Waals surface area contributed by atoms with E-state index in [1.165, 1.54) is 30.3 Å². The van der Waals surface area contributed by atoms with Crippen LogP contribution in [0.15, 0.2) is 140 Å². The minimum Gasteiger partial charge on any atom is -0.278 e. The van der Waals surface area contributed by atoms with E-state index in [0.29, 0.717) is 17.6 Å². The van der Waals surface area contributed by atoms with Gasteiger partial charge in [0.05, 0.1) is 21.3 Å². The Kier molecular flexibility index (Phi) is 5.85. The monoisotopic (exact) mass is 637 g/mol. The number of fused-ring (bicyclic) bond motifs is 7. The van der Waals surface area contributed by atoms with Gasteiger partial charge in [-0.3, -0.25) is 4.57 Å². The summed E-state index contributed by atoms with van der Waals surface area (Å²) in [4.78, 5) is 20.5. The second kappa shape index (κ2) is 10.4. The molecule has 0 aliphatic carbocycles. The van der Waals surface area contributed by atoms with Crippen LogP contribution in [0.4, 0.5) is 0 Å². The third-order valence-electron chi connectivity index (χ3n) is 8.71. The van der Waals surface area contributed by atoms with Crippen molar-refractivity contribution in [3.63, 3.8) is 0 Å². The Bertz CT molecular complexity index is 2720. The summed E-state index contributed by atoms with van der Waals surface area (Å²) in [5.74, 6) is 1.88. The second-order valence-corrected chi connectivity index (χ2v) is 13.6. The largest absolute Gasteiger partial charge is 0.278 e. The Balaban J connectivity index is 1.24. The summed E-state index contributed by atoms with van der Waals surface area (Å²) >= 11 is 3.52. The van der Waals surface area contributed by atoms with E-state index in [-0.39, 0.29) is 0 Å². The van der Waals surface area contributed by atoms with E-state index in [2.05, 4.69) is 120 Å². The third-order valence-corrected chi connectivity index (χ3v) is 10.9. The average Bonchev–Trinajstić information content (AvgIpc) is 3.83. The molecule has 0 radical (unpaired) electrons. The Morgan fingerprint density at radius 1 is 0.447 bits per heavy atom. The van der Waals surface area contributed by atoms with Gasteiger partial charge in [0.2, 0.25) is 5.95 Å². The molecule has 10 aromatic rings. The predicted octanol–water partition coefficient (Wildman–Crippen LogP) is 10.9. The van der Waals surface area contributed by atoms with E-state index >= 15 is 0 Å². The van der Waals surface area contributed by atoms with Gasteiger partial charge in [0.15, 0.2) is 11.6 Å². The molecule has 0 saturated heterocycles. The molecular weight excluding hydrogens is 615 g/mol. The number of benzene rings is 6. The van der Waals surface area contributed by atoms with Gasteiger partial charge >= 0.3 is 0 Å². The lowest BCUT2D eigenvalue weighted by Gasteiger charge is -2.11. The number of para-hydroxylation sites is 3.